The maximum atomic E-state index is 13.3. The molecule has 5 nitrogen and oxygen atoms in total. The van der Waals surface area contributed by atoms with Crippen LogP contribution >= 0.6 is 0 Å². The van der Waals surface area contributed by atoms with Crippen molar-refractivity contribution in [2.45, 2.75) is 44.9 Å². The summed E-state index contributed by atoms with van der Waals surface area (Å²) in [4.78, 5) is 18.4. The van der Waals surface area contributed by atoms with Crippen molar-refractivity contribution in [3.05, 3.63) is 30.1 Å². The standard InChI is InChI=1S/C18H23F3N4O/c1-2-9-24-10-7-13(8-11-24)22-16(26)12-25-15-6-4-3-5-14(15)23-17(25)18(19,20)21/h3-6,13H,2,7-12H2,1H3,(H,22,26). The molecule has 1 aliphatic heterocycles. The predicted octanol–water partition coefficient (Wildman–Crippen LogP) is 3.05. The number of amides is 1. The van der Waals surface area contributed by atoms with E-state index in [4.69, 9.17) is 0 Å². The van der Waals surface area contributed by atoms with E-state index in [-0.39, 0.29) is 18.1 Å². The average Bonchev–Trinajstić information content (AvgIpc) is 2.96. The number of carbonyl (C=O) groups is 1. The Hall–Kier alpha value is -2.09. The molecule has 0 spiro atoms. The van der Waals surface area contributed by atoms with Crippen LogP contribution in [0.2, 0.25) is 0 Å². The van der Waals surface area contributed by atoms with E-state index in [0.29, 0.717) is 5.52 Å². The van der Waals surface area contributed by atoms with Crippen molar-refractivity contribution in [3.63, 3.8) is 0 Å². The Morgan fingerprint density at radius 2 is 1.96 bits per heavy atom. The summed E-state index contributed by atoms with van der Waals surface area (Å²) in [5, 5.41) is 2.88. The average molecular weight is 368 g/mol. The lowest BCUT2D eigenvalue weighted by molar-refractivity contribution is -0.147. The zero-order valence-corrected chi connectivity index (χ0v) is 14.7. The number of benzene rings is 1. The number of nitrogens with zero attached hydrogens (tertiary/aromatic N) is 3. The molecular weight excluding hydrogens is 345 g/mol. The second kappa shape index (κ2) is 7.65. The third-order valence-corrected chi connectivity index (χ3v) is 4.70. The first-order valence-corrected chi connectivity index (χ1v) is 8.92. The van der Waals surface area contributed by atoms with Gasteiger partial charge < -0.3 is 14.8 Å². The number of alkyl halides is 3. The minimum atomic E-state index is -4.61. The third kappa shape index (κ3) is 4.17. The van der Waals surface area contributed by atoms with Gasteiger partial charge in [-0.15, -0.1) is 0 Å². The molecule has 1 amide bonds. The van der Waals surface area contributed by atoms with Gasteiger partial charge in [-0.3, -0.25) is 4.79 Å². The van der Waals surface area contributed by atoms with Crippen LogP contribution in [0.1, 0.15) is 32.0 Å². The van der Waals surface area contributed by atoms with Gasteiger partial charge in [-0.05, 0) is 37.9 Å². The molecule has 1 aliphatic rings. The minimum absolute atomic E-state index is 0.0136. The van der Waals surface area contributed by atoms with Crippen LogP contribution in [0.5, 0.6) is 0 Å². The van der Waals surface area contributed by atoms with Crippen LogP contribution in [-0.2, 0) is 17.5 Å². The van der Waals surface area contributed by atoms with Crippen LogP contribution in [0, 0.1) is 0 Å². The molecule has 0 atom stereocenters. The van der Waals surface area contributed by atoms with Gasteiger partial charge in [-0.2, -0.15) is 13.2 Å². The van der Waals surface area contributed by atoms with E-state index in [0.717, 1.165) is 43.5 Å². The lowest BCUT2D eigenvalue weighted by Crippen LogP contribution is -2.45. The molecule has 1 aromatic carbocycles. The first-order chi connectivity index (χ1) is 12.4. The number of hydrogen-bond acceptors (Lipinski definition) is 3. The van der Waals surface area contributed by atoms with Crippen molar-refractivity contribution < 1.29 is 18.0 Å². The summed E-state index contributed by atoms with van der Waals surface area (Å²) in [7, 11) is 0. The van der Waals surface area contributed by atoms with Gasteiger partial charge in [0.25, 0.3) is 0 Å². The first-order valence-electron chi connectivity index (χ1n) is 8.92. The number of fused-ring (bicyclic) bond motifs is 1. The van der Waals surface area contributed by atoms with Crippen LogP contribution in [0.4, 0.5) is 13.2 Å². The number of para-hydroxylation sites is 2. The van der Waals surface area contributed by atoms with Gasteiger partial charge in [-0.1, -0.05) is 19.1 Å². The van der Waals surface area contributed by atoms with Gasteiger partial charge in [0.1, 0.15) is 6.54 Å². The molecule has 1 saturated heterocycles. The summed E-state index contributed by atoms with van der Waals surface area (Å²) in [6.45, 7) is 4.59. The smallest absolute Gasteiger partial charge is 0.352 e. The zero-order valence-electron chi connectivity index (χ0n) is 14.7. The van der Waals surface area contributed by atoms with Crippen LogP contribution in [0.25, 0.3) is 11.0 Å². The number of aromatic nitrogens is 2. The van der Waals surface area contributed by atoms with Gasteiger partial charge in [0.05, 0.1) is 11.0 Å². The molecule has 2 heterocycles. The number of carbonyl (C=O) groups excluding carboxylic acids is 1. The molecule has 142 valence electrons. The predicted molar refractivity (Wildman–Crippen MR) is 92.6 cm³/mol. The molecule has 0 radical (unpaired) electrons. The summed E-state index contributed by atoms with van der Waals surface area (Å²) in [6.07, 6.45) is -1.87. The Kier molecular flexibility index (Phi) is 5.50. The Labute approximate surface area is 150 Å². The van der Waals surface area contributed by atoms with E-state index in [2.05, 4.69) is 22.1 Å². The SMILES string of the molecule is CCCN1CCC(NC(=O)Cn2c(C(F)(F)F)nc3ccccc32)CC1. The number of likely N-dealkylation sites (tertiary alicyclic amines) is 1. The number of nitrogens with one attached hydrogen (secondary N) is 1. The van der Waals surface area contributed by atoms with Crippen molar-refractivity contribution >= 4 is 16.9 Å². The molecule has 8 heteroatoms. The second-order valence-corrected chi connectivity index (χ2v) is 6.69. The molecule has 0 aliphatic carbocycles. The van der Waals surface area contributed by atoms with Crippen LogP contribution in [-0.4, -0.2) is 46.0 Å². The monoisotopic (exact) mass is 368 g/mol. The summed E-state index contributed by atoms with van der Waals surface area (Å²) >= 11 is 0. The summed E-state index contributed by atoms with van der Waals surface area (Å²) in [5.74, 6) is -1.45. The highest BCUT2D eigenvalue weighted by atomic mass is 19.4. The Morgan fingerprint density at radius 3 is 2.62 bits per heavy atom. The van der Waals surface area contributed by atoms with Gasteiger partial charge in [0, 0.05) is 19.1 Å². The first kappa shape index (κ1) is 18.7. The van der Waals surface area contributed by atoms with Gasteiger partial charge in [0.2, 0.25) is 11.7 Å². The van der Waals surface area contributed by atoms with Crippen LogP contribution < -0.4 is 5.32 Å². The van der Waals surface area contributed by atoms with E-state index in [1.165, 1.54) is 6.07 Å². The second-order valence-electron chi connectivity index (χ2n) is 6.69. The molecule has 1 fully saturated rings. The summed E-state index contributed by atoms with van der Waals surface area (Å²) in [6, 6.07) is 6.35. The molecule has 0 unspecified atom stereocenters. The van der Waals surface area contributed by atoms with E-state index >= 15 is 0 Å². The van der Waals surface area contributed by atoms with E-state index in [1.54, 1.807) is 18.2 Å². The Morgan fingerprint density at radius 1 is 1.27 bits per heavy atom. The largest absolute Gasteiger partial charge is 0.449 e. The third-order valence-electron chi connectivity index (χ3n) is 4.70. The topological polar surface area (TPSA) is 50.2 Å². The Bertz CT molecular complexity index is 763. The van der Waals surface area contributed by atoms with Gasteiger partial charge in [-0.25, -0.2) is 4.98 Å². The molecule has 3 rings (SSSR count). The number of piperidine rings is 1. The number of halogens is 3. The van der Waals surface area contributed by atoms with Crippen molar-refractivity contribution in [1.29, 1.82) is 0 Å². The number of rotatable bonds is 5. The van der Waals surface area contributed by atoms with Gasteiger partial charge >= 0.3 is 6.18 Å². The molecule has 0 saturated carbocycles. The van der Waals surface area contributed by atoms with Crippen LogP contribution in [0.3, 0.4) is 0 Å². The molecule has 26 heavy (non-hydrogen) atoms. The minimum Gasteiger partial charge on any atom is -0.352 e. The normalized spacial score (nSPS) is 16.9. The quantitative estimate of drug-likeness (QED) is 0.883. The highest BCUT2D eigenvalue weighted by Crippen LogP contribution is 2.31. The summed E-state index contributed by atoms with van der Waals surface area (Å²) < 4.78 is 40.8. The maximum Gasteiger partial charge on any atom is 0.449 e. The lowest BCUT2D eigenvalue weighted by Gasteiger charge is -2.32. The van der Waals surface area contributed by atoms with Gasteiger partial charge in [0.15, 0.2) is 0 Å². The van der Waals surface area contributed by atoms with Crippen molar-refractivity contribution in [3.8, 4) is 0 Å². The number of hydrogen-bond donors (Lipinski definition) is 1. The highest BCUT2D eigenvalue weighted by molar-refractivity contribution is 5.81. The van der Waals surface area contributed by atoms with E-state index < -0.39 is 17.9 Å². The van der Waals surface area contributed by atoms with Crippen molar-refractivity contribution in [1.82, 2.24) is 19.8 Å². The molecule has 0 bridgehead atoms. The fourth-order valence-corrected chi connectivity index (χ4v) is 3.49. The number of imidazole rings is 1. The fourth-order valence-electron chi connectivity index (χ4n) is 3.49. The molecule has 1 N–H and O–H groups in total. The van der Waals surface area contributed by atoms with E-state index in [1.807, 2.05) is 0 Å². The maximum absolute atomic E-state index is 13.3. The van der Waals surface area contributed by atoms with E-state index in [9.17, 15) is 18.0 Å². The Balaban J connectivity index is 1.70. The molecular formula is C18H23F3N4O. The highest BCUT2D eigenvalue weighted by Gasteiger charge is 2.38. The van der Waals surface area contributed by atoms with Crippen molar-refractivity contribution in [2.24, 2.45) is 0 Å². The molecule has 2 aromatic rings. The lowest BCUT2D eigenvalue weighted by atomic mass is 10.0. The molecule has 1 aromatic heterocycles. The van der Waals surface area contributed by atoms with Crippen LogP contribution in [0.15, 0.2) is 24.3 Å². The van der Waals surface area contributed by atoms with Crippen molar-refractivity contribution in [2.75, 3.05) is 19.6 Å². The fraction of sp³-hybridized carbons (Fsp3) is 0.556. The summed E-state index contributed by atoms with van der Waals surface area (Å²) in [5.41, 5.74) is 0.549. The zero-order chi connectivity index (χ0) is 18.7.